The first-order valence-electron chi connectivity index (χ1n) is 5.62. The Labute approximate surface area is 93.6 Å². The highest BCUT2D eigenvalue weighted by molar-refractivity contribution is 4.85. The van der Waals surface area contributed by atoms with Gasteiger partial charge in [0.2, 0.25) is 0 Å². The molecule has 1 saturated carbocycles. The molecule has 1 N–H and O–H groups in total. The molecule has 0 saturated heterocycles. The number of halogens is 4. The van der Waals surface area contributed by atoms with Crippen molar-refractivity contribution in [1.82, 2.24) is 5.32 Å². The predicted octanol–water partition coefficient (Wildman–Crippen LogP) is 3.45. The number of hydrogen-bond acceptors (Lipinski definition) is 1. The maximum absolute atomic E-state index is 12.7. The van der Waals surface area contributed by atoms with Gasteiger partial charge in [-0.3, -0.25) is 0 Å². The van der Waals surface area contributed by atoms with Crippen molar-refractivity contribution in [1.29, 1.82) is 0 Å². The Balaban J connectivity index is 2.38. The molecule has 0 spiro atoms. The van der Waals surface area contributed by atoms with Crippen molar-refractivity contribution in [2.45, 2.75) is 57.9 Å². The van der Waals surface area contributed by atoms with Gasteiger partial charge in [-0.25, -0.2) is 8.78 Å². The lowest BCUT2D eigenvalue weighted by Gasteiger charge is -2.36. The SMILES string of the molecule is CC1(C)CCCC(NCC(F)(F)C(F)F)C1. The minimum absolute atomic E-state index is 0.0617. The lowest BCUT2D eigenvalue weighted by atomic mass is 9.75. The Morgan fingerprint density at radius 3 is 2.50 bits per heavy atom. The maximum Gasteiger partial charge on any atom is 0.319 e. The molecular weight excluding hydrogens is 222 g/mol. The lowest BCUT2D eigenvalue weighted by Crippen LogP contribution is -2.45. The molecule has 1 nitrogen and oxygen atoms in total. The van der Waals surface area contributed by atoms with Crippen LogP contribution in [0.1, 0.15) is 39.5 Å². The van der Waals surface area contributed by atoms with Gasteiger partial charge in [-0.15, -0.1) is 0 Å². The predicted molar refractivity (Wildman–Crippen MR) is 55.0 cm³/mol. The highest BCUT2D eigenvalue weighted by Gasteiger charge is 2.41. The van der Waals surface area contributed by atoms with E-state index in [-0.39, 0.29) is 11.5 Å². The van der Waals surface area contributed by atoms with Crippen molar-refractivity contribution in [2.75, 3.05) is 6.54 Å². The zero-order chi connectivity index (χ0) is 12.4. The number of alkyl halides is 4. The van der Waals surface area contributed by atoms with Gasteiger partial charge in [0.25, 0.3) is 0 Å². The van der Waals surface area contributed by atoms with E-state index in [1.807, 2.05) is 0 Å². The zero-order valence-corrected chi connectivity index (χ0v) is 9.70. The monoisotopic (exact) mass is 241 g/mol. The summed E-state index contributed by atoms with van der Waals surface area (Å²) in [6.07, 6.45) is 0.00717. The fourth-order valence-electron chi connectivity index (χ4n) is 2.23. The minimum Gasteiger partial charge on any atom is -0.308 e. The Morgan fingerprint density at radius 1 is 1.38 bits per heavy atom. The second-order valence-electron chi connectivity index (χ2n) is 5.40. The second-order valence-corrected chi connectivity index (χ2v) is 5.40. The third-order valence-electron chi connectivity index (χ3n) is 3.15. The smallest absolute Gasteiger partial charge is 0.308 e. The molecule has 1 unspecified atom stereocenters. The number of hydrogen-bond donors (Lipinski definition) is 1. The Morgan fingerprint density at radius 2 is 2.00 bits per heavy atom. The van der Waals surface area contributed by atoms with Crippen LogP contribution in [0.4, 0.5) is 17.6 Å². The second kappa shape index (κ2) is 4.90. The minimum atomic E-state index is -3.92. The van der Waals surface area contributed by atoms with Crippen LogP contribution in [0, 0.1) is 5.41 Å². The van der Waals surface area contributed by atoms with Gasteiger partial charge in [0, 0.05) is 6.04 Å². The molecule has 0 radical (unpaired) electrons. The molecule has 0 aliphatic heterocycles. The maximum atomic E-state index is 12.7. The Kier molecular flexibility index (Phi) is 4.21. The molecule has 16 heavy (non-hydrogen) atoms. The highest BCUT2D eigenvalue weighted by atomic mass is 19.3. The van der Waals surface area contributed by atoms with E-state index in [9.17, 15) is 17.6 Å². The molecule has 1 atom stereocenters. The molecule has 0 aromatic carbocycles. The van der Waals surface area contributed by atoms with Gasteiger partial charge in [-0.1, -0.05) is 20.3 Å². The first-order valence-corrected chi connectivity index (χ1v) is 5.62. The van der Waals surface area contributed by atoms with Crippen LogP contribution in [0.3, 0.4) is 0 Å². The molecule has 1 fully saturated rings. The quantitative estimate of drug-likeness (QED) is 0.743. The Hall–Kier alpha value is -0.320. The fraction of sp³-hybridized carbons (Fsp3) is 1.00. The summed E-state index contributed by atoms with van der Waals surface area (Å²) in [4.78, 5) is 0. The molecule has 0 amide bonds. The van der Waals surface area contributed by atoms with E-state index in [0.717, 1.165) is 25.7 Å². The molecular formula is C11H19F4N. The van der Waals surface area contributed by atoms with Gasteiger partial charge < -0.3 is 5.32 Å². The summed E-state index contributed by atoms with van der Waals surface area (Å²) in [5.41, 5.74) is 0.121. The molecule has 0 aromatic heterocycles. The summed E-state index contributed by atoms with van der Waals surface area (Å²) >= 11 is 0. The van der Waals surface area contributed by atoms with Crippen molar-refractivity contribution in [3.05, 3.63) is 0 Å². The topological polar surface area (TPSA) is 12.0 Å². The third-order valence-corrected chi connectivity index (χ3v) is 3.15. The molecule has 0 aromatic rings. The van der Waals surface area contributed by atoms with E-state index in [4.69, 9.17) is 0 Å². The van der Waals surface area contributed by atoms with Crippen LogP contribution < -0.4 is 5.32 Å². The van der Waals surface area contributed by atoms with E-state index in [0.29, 0.717) is 0 Å². The summed E-state index contributed by atoms with van der Waals surface area (Å²) < 4.78 is 49.2. The van der Waals surface area contributed by atoms with Gasteiger partial charge >= 0.3 is 12.3 Å². The molecule has 1 rings (SSSR count). The van der Waals surface area contributed by atoms with E-state index in [1.165, 1.54) is 0 Å². The van der Waals surface area contributed by atoms with Crippen LogP contribution in [-0.4, -0.2) is 24.9 Å². The summed E-state index contributed by atoms with van der Waals surface area (Å²) in [6, 6.07) is -0.0617. The summed E-state index contributed by atoms with van der Waals surface area (Å²) in [5, 5.41) is 2.57. The third kappa shape index (κ3) is 3.92. The summed E-state index contributed by atoms with van der Waals surface area (Å²) in [5.74, 6) is -3.92. The van der Waals surface area contributed by atoms with Gasteiger partial charge in [0.1, 0.15) is 0 Å². The average molecular weight is 241 g/mol. The largest absolute Gasteiger partial charge is 0.319 e. The van der Waals surface area contributed by atoms with Gasteiger partial charge in [0.05, 0.1) is 6.54 Å². The van der Waals surface area contributed by atoms with Gasteiger partial charge in [0.15, 0.2) is 0 Å². The fourth-order valence-corrected chi connectivity index (χ4v) is 2.23. The first-order chi connectivity index (χ1) is 7.23. The van der Waals surface area contributed by atoms with Gasteiger partial charge in [-0.05, 0) is 24.7 Å². The molecule has 1 aliphatic rings. The van der Waals surface area contributed by atoms with E-state index >= 15 is 0 Å². The van der Waals surface area contributed by atoms with Crippen LogP contribution in [-0.2, 0) is 0 Å². The van der Waals surface area contributed by atoms with Crippen LogP contribution >= 0.6 is 0 Å². The first kappa shape index (κ1) is 13.7. The van der Waals surface area contributed by atoms with Crippen LogP contribution in [0.5, 0.6) is 0 Å². The van der Waals surface area contributed by atoms with E-state index in [2.05, 4.69) is 19.2 Å². The highest BCUT2D eigenvalue weighted by Crippen LogP contribution is 2.35. The summed E-state index contributed by atoms with van der Waals surface area (Å²) in [7, 11) is 0. The lowest BCUT2D eigenvalue weighted by molar-refractivity contribution is -0.127. The standard InChI is InChI=1S/C11H19F4N/c1-10(2)5-3-4-8(6-10)16-7-11(14,15)9(12)13/h8-9,16H,3-7H2,1-2H3. The van der Waals surface area contributed by atoms with Crippen molar-refractivity contribution in [3.8, 4) is 0 Å². The summed E-state index contributed by atoms with van der Waals surface area (Å²) in [6.45, 7) is 3.23. The molecule has 96 valence electrons. The van der Waals surface area contributed by atoms with Crippen molar-refractivity contribution >= 4 is 0 Å². The van der Waals surface area contributed by atoms with Crippen molar-refractivity contribution < 1.29 is 17.6 Å². The molecule has 0 heterocycles. The zero-order valence-electron chi connectivity index (χ0n) is 9.70. The molecule has 5 heteroatoms. The van der Waals surface area contributed by atoms with Crippen molar-refractivity contribution in [2.24, 2.45) is 5.41 Å². The molecule has 1 aliphatic carbocycles. The number of rotatable bonds is 4. The molecule has 0 bridgehead atoms. The van der Waals surface area contributed by atoms with Crippen LogP contribution in [0.15, 0.2) is 0 Å². The van der Waals surface area contributed by atoms with Crippen LogP contribution in [0.2, 0.25) is 0 Å². The van der Waals surface area contributed by atoms with Gasteiger partial charge in [-0.2, -0.15) is 8.78 Å². The van der Waals surface area contributed by atoms with Crippen molar-refractivity contribution in [3.63, 3.8) is 0 Å². The normalized spacial score (nSPS) is 26.1. The van der Waals surface area contributed by atoms with E-state index in [1.54, 1.807) is 0 Å². The number of nitrogens with one attached hydrogen (secondary N) is 1. The van der Waals surface area contributed by atoms with E-state index < -0.39 is 18.9 Å². The van der Waals surface area contributed by atoms with Crippen LogP contribution in [0.25, 0.3) is 0 Å². The Bertz CT molecular complexity index is 228. The average Bonchev–Trinajstić information content (AvgIpc) is 2.13.